The number of nitrogens with one attached hydrogen (secondary N) is 1. The summed E-state index contributed by atoms with van der Waals surface area (Å²) in [6.45, 7) is 12.8. The Morgan fingerprint density at radius 3 is 2.53 bits per heavy atom. The van der Waals surface area contributed by atoms with E-state index in [1.807, 2.05) is 6.92 Å². The minimum Gasteiger partial charge on any atom is -0.393 e. The highest BCUT2D eigenvalue weighted by atomic mass is 16.7. The number of rotatable bonds is 13. The molecule has 2 N–H and O–H groups in total. The number of carbonyl (C=O) groups excluding carboxylic acids is 1. The summed E-state index contributed by atoms with van der Waals surface area (Å²) in [6.07, 6.45) is 7.79. The Balaban J connectivity index is 1.29. The van der Waals surface area contributed by atoms with Gasteiger partial charge >= 0.3 is 0 Å². The molecule has 8 nitrogen and oxygen atoms in total. The van der Waals surface area contributed by atoms with Gasteiger partial charge in [-0.2, -0.15) is 5.06 Å². The van der Waals surface area contributed by atoms with E-state index >= 15 is 0 Å². The lowest BCUT2D eigenvalue weighted by Crippen LogP contribution is -2.62. The van der Waals surface area contributed by atoms with E-state index in [2.05, 4.69) is 74.2 Å². The molecule has 242 valence electrons. The van der Waals surface area contributed by atoms with Gasteiger partial charge in [-0.05, 0) is 81.0 Å². The van der Waals surface area contributed by atoms with Gasteiger partial charge in [0.1, 0.15) is 18.2 Å². The molecule has 2 bridgehead atoms. The molecule has 4 aliphatic carbocycles. The van der Waals surface area contributed by atoms with Crippen LogP contribution < -0.4 is 5.32 Å². The topological polar surface area (TPSA) is 77.5 Å². The van der Waals surface area contributed by atoms with Crippen LogP contribution in [-0.2, 0) is 27.5 Å². The lowest BCUT2D eigenvalue weighted by molar-refractivity contribution is -0.183. The molecule has 8 heteroatoms. The fourth-order valence-electron chi connectivity index (χ4n) is 8.63. The van der Waals surface area contributed by atoms with E-state index in [0.29, 0.717) is 42.4 Å². The molecule has 0 unspecified atom stereocenters. The van der Waals surface area contributed by atoms with Crippen LogP contribution in [0.1, 0.15) is 83.8 Å². The predicted octanol–water partition coefficient (Wildman–Crippen LogP) is 4.45. The number of amides is 1. The Labute approximate surface area is 260 Å². The highest BCUT2D eigenvalue weighted by Crippen LogP contribution is 2.61. The number of fused-ring (bicyclic) bond motifs is 2. The van der Waals surface area contributed by atoms with E-state index in [9.17, 15) is 9.90 Å². The number of benzene rings is 1. The number of hydroxylamine groups is 2. The van der Waals surface area contributed by atoms with Crippen LogP contribution in [0, 0.1) is 23.2 Å². The second kappa shape index (κ2) is 14.3. The van der Waals surface area contributed by atoms with Gasteiger partial charge in [0.05, 0.1) is 13.2 Å². The maximum atomic E-state index is 14.0. The first-order chi connectivity index (χ1) is 20.6. The third-order valence-corrected chi connectivity index (χ3v) is 11.4. The van der Waals surface area contributed by atoms with Gasteiger partial charge < -0.3 is 20.1 Å². The third-order valence-electron chi connectivity index (χ3n) is 11.4. The van der Waals surface area contributed by atoms with Crippen molar-refractivity contribution in [3.63, 3.8) is 0 Å². The molecule has 1 saturated heterocycles. The first kappa shape index (κ1) is 32.8. The number of likely N-dealkylation sites (N-methyl/N-ethyl adjacent to an activating group) is 1. The number of ether oxygens (including phenoxy) is 1. The minimum absolute atomic E-state index is 0.0475. The van der Waals surface area contributed by atoms with Crippen LogP contribution in [0.4, 0.5) is 0 Å². The highest BCUT2D eigenvalue weighted by molar-refractivity contribution is 5.83. The average molecular weight is 599 g/mol. The number of aliphatic hydroxyl groups is 1. The van der Waals surface area contributed by atoms with Crippen molar-refractivity contribution in [3.8, 4) is 0 Å². The monoisotopic (exact) mass is 598 g/mol. The smallest absolute Gasteiger partial charge is 0.242 e. The van der Waals surface area contributed by atoms with Crippen LogP contribution in [-0.4, -0.2) is 96.6 Å². The molecule has 1 aromatic rings. The van der Waals surface area contributed by atoms with E-state index in [-0.39, 0.29) is 18.6 Å². The van der Waals surface area contributed by atoms with Crippen molar-refractivity contribution in [2.75, 3.05) is 40.4 Å². The summed E-state index contributed by atoms with van der Waals surface area (Å²) in [7, 11) is 4.30. The second-order valence-electron chi connectivity index (χ2n) is 14.7. The van der Waals surface area contributed by atoms with E-state index in [1.165, 1.54) is 44.1 Å². The number of carbonyl (C=O) groups is 1. The molecule has 1 amide bonds. The molecule has 1 aromatic carbocycles. The Hall–Kier alpha value is -1.55. The van der Waals surface area contributed by atoms with Gasteiger partial charge in [0.25, 0.3) is 0 Å². The summed E-state index contributed by atoms with van der Waals surface area (Å²) < 4.78 is 6.08. The summed E-state index contributed by atoms with van der Waals surface area (Å²) >= 11 is 0. The first-order valence-electron chi connectivity index (χ1n) is 17.0. The van der Waals surface area contributed by atoms with Gasteiger partial charge in [0.15, 0.2) is 0 Å². The molecule has 4 saturated carbocycles. The van der Waals surface area contributed by atoms with E-state index in [4.69, 9.17) is 9.57 Å². The number of hydrogen-bond donors (Lipinski definition) is 2. The minimum atomic E-state index is -0.613. The zero-order chi connectivity index (χ0) is 30.7. The van der Waals surface area contributed by atoms with Gasteiger partial charge in [-0.3, -0.25) is 14.5 Å². The highest BCUT2D eigenvalue weighted by Gasteiger charge is 2.57. The Morgan fingerprint density at radius 1 is 1.14 bits per heavy atom. The van der Waals surface area contributed by atoms with E-state index < -0.39 is 18.2 Å². The van der Waals surface area contributed by atoms with Crippen molar-refractivity contribution >= 4 is 5.91 Å². The van der Waals surface area contributed by atoms with E-state index in [0.717, 1.165) is 31.6 Å². The summed E-state index contributed by atoms with van der Waals surface area (Å²) in [5.41, 5.74) is 2.76. The van der Waals surface area contributed by atoms with Gasteiger partial charge in [0.2, 0.25) is 5.91 Å². The molecule has 43 heavy (non-hydrogen) atoms. The molecule has 6 rings (SSSR count). The third kappa shape index (κ3) is 7.31. The summed E-state index contributed by atoms with van der Waals surface area (Å²) in [4.78, 5) is 25.2. The summed E-state index contributed by atoms with van der Waals surface area (Å²) in [6, 6.07) is 8.93. The summed E-state index contributed by atoms with van der Waals surface area (Å²) in [5.74, 6) is 1.70. The van der Waals surface area contributed by atoms with Crippen molar-refractivity contribution in [1.29, 1.82) is 0 Å². The molecule has 0 spiro atoms. The molecule has 0 aromatic heterocycles. The molecular formula is C35H58N4O4. The zero-order valence-corrected chi connectivity index (χ0v) is 27.6. The van der Waals surface area contributed by atoms with Crippen molar-refractivity contribution in [2.24, 2.45) is 23.2 Å². The lowest BCUT2D eigenvalue weighted by atomic mass is 9.45. The van der Waals surface area contributed by atoms with Crippen molar-refractivity contribution in [1.82, 2.24) is 20.2 Å². The zero-order valence-electron chi connectivity index (χ0n) is 27.6. The maximum absolute atomic E-state index is 14.0. The fourth-order valence-corrected chi connectivity index (χ4v) is 8.63. The molecule has 0 radical (unpaired) electrons. The maximum Gasteiger partial charge on any atom is 0.242 e. The van der Waals surface area contributed by atoms with Crippen LogP contribution in [0.25, 0.3) is 0 Å². The second-order valence-corrected chi connectivity index (χ2v) is 14.7. The Morgan fingerprint density at radius 2 is 1.88 bits per heavy atom. The van der Waals surface area contributed by atoms with Gasteiger partial charge in [0, 0.05) is 38.3 Å². The van der Waals surface area contributed by atoms with Gasteiger partial charge in [-0.25, -0.2) is 0 Å². The summed E-state index contributed by atoms with van der Waals surface area (Å²) in [5, 5.41) is 15.4. The standard InChI is InChI=1S/C35H58N4O4/c1-7-42-33-31(23-40)43-39(32(33)34(41)36-30-20-27-19-29(24(30)2)35(27,3)4)22-26-13-11-12-25(18-26)21-38(17-16-37(5)6)28-14-9-8-10-15-28/h11-13,18,24,27-33,40H,7-10,14-17,19-23H2,1-6H3,(H,36,41)/t24-,27+,29-,30-,31-,32-,33+/m0/s1. The van der Waals surface area contributed by atoms with Crippen molar-refractivity contribution < 1.29 is 19.5 Å². The first-order valence-corrected chi connectivity index (χ1v) is 17.0. The SMILES string of the molecule is CCO[C@@H]1[C@H](CO)ON(Cc2cccc(CN(CCN(C)C)C3CCCCC3)c2)[C@@H]1C(=O)N[C@H]1C[C@H]2C[C@@H]([C@@H]1C)C2(C)C. The number of aliphatic hydroxyl groups excluding tert-OH is 1. The van der Waals surface area contributed by atoms with Crippen LogP contribution in [0.2, 0.25) is 0 Å². The van der Waals surface area contributed by atoms with Crippen LogP contribution >= 0.6 is 0 Å². The Bertz CT molecular complexity index is 1060. The lowest BCUT2D eigenvalue weighted by Gasteiger charge is -2.62. The molecular weight excluding hydrogens is 540 g/mol. The molecule has 5 aliphatic rings. The molecule has 1 heterocycles. The molecule has 1 aliphatic heterocycles. The predicted molar refractivity (Wildman–Crippen MR) is 170 cm³/mol. The van der Waals surface area contributed by atoms with Crippen LogP contribution in [0.5, 0.6) is 0 Å². The fraction of sp³-hybridized carbons (Fsp3) is 0.800. The van der Waals surface area contributed by atoms with Crippen LogP contribution in [0.15, 0.2) is 24.3 Å². The quantitative estimate of drug-likeness (QED) is 0.348. The number of nitrogens with zero attached hydrogens (tertiary/aromatic N) is 3. The van der Waals surface area contributed by atoms with E-state index in [1.54, 1.807) is 5.06 Å². The van der Waals surface area contributed by atoms with Crippen LogP contribution in [0.3, 0.4) is 0 Å². The normalized spacial score (nSPS) is 32.7. The number of hydrogen-bond acceptors (Lipinski definition) is 7. The molecule has 5 fully saturated rings. The Kier molecular flexibility index (Phi) is 10.9. The average Bonchev–Trinajstić information content (AvgIpc) is 3.33. The van der Waals surface area contributed by atoms with Gasteiger partial charge in [-0.15, -0.1) is 0 Å². The largest absolute Gasteiger partial charge is 0.393 e. The molecule has 7 atom stereocenters. The van der Waals surface area contributed by atoms with Crippen molar-refractivity contribution in [2.45, 2.75) is 116 Å². The van der Waals surface area contributed by atoms with Crippen molar-refractivity contribution in [3.05, 3.63) is 35.4 Å². The van der Waals surface area contributed by atoms with Gasteiger partial charge in [-0.1, -0.05) is 64.3 Å².